The van der Waals surface area contributed by atoms with Gasteiger partial charge in [-0.05, 0) is 40.8 Å². The second-order valence-electron chi connectivity index (χ2n) is 3.74. The number of nitrogens with one attached hydrogen (secondary N) is 1. The molecular formula is C12H14IN3O. The Hall–Kier alpha value is -1.08. The molecule has 2 rings (SSSR count). The Labute approximate surface area is 114 Å². The zero-order valence-electron chi connectivity index (χ0n) is 9.25. The Bertz CT molecular complexity index is 459. The molecule has 17 heavy (non-hydrogen) atoms. The van der Waals surface area contributed by atoms with Gasteiger partial charge < -0.3 is 10.4 Å². The predicted molar refractivity (Wildman–Crippen MR) is 75.9 cm³/mol. The summed E-state index contributed by atoms with van der Waals surface area (Å²) in [5.74, 6) is 0. The molecule has 1 aromatic carbocycles. The van der Waals surface area contributed by atoms with Gasteiger partial charge in [0.05, 0.1) is 12.6 Å². The van der Waals surface area contributed by atoms with E-state index >= 15 is 0 Å². The molecule has 0 amide bonds. The van der Waals surface area contributed by atoms with Crippen LogP contribution in [0.2, 0.25) is 0 Å². The largest absolute Gasteiger partial charge is 0.389 e. The van der Waals surface area contributed by atoms with E-state index in [2.05, 4.69) is 33.0 Å². The van der Waals surface area contributed by atoms with Gasteiger partial charge in [0.1, 0.15) is 0 Å². The number of benzene rings is 1. The highest BCUT2D eigenvalue weighted by Gasteiger charge is 2.06. The first-order chi connectivity index (χ1) is 8.25. The fourth-order valence-corrected chi connectivity index (χ4v) is 2.10. The average Bonchev–Trinajstić information content (AvgIpc) is 2.81. The predicted octanol–water partition coefficient (Wildman–Crippen LogP) is 1.96. The summed E-state index contributed by atoms with van der Waals surface area (Å²) >= 11 is 2.27. The molecule has 1 unspecified atom stereocenters. The molecule has 1 heterocycles. The summed E-state index contributed by atoms with van der Waals surface area (Å²) in [6.07, 6.45) is 3.10. The zero-order chi connectivity index (χ0) is 12.1. The van der Waals surface area contributed by atoms with Crippen LogP contribution in [0.5, 0.6) is 0 Å². The van der Waals surface area contributed by atoms with Gasteiger partial charge in [-0.25, -0.2) is 0 Å². The summed E-state index contributed by atoms with van der Waals surface area (Å²) in [5, 5.41) is 17.1. The zero-order valence-corrected chi connectivity index (χ0v) is 11.4. The molecule has 0 saturated heterocycles. The molecule has 90 valence electrons. The van der Waals surface area contributed by atoms with Crippen molar-refractivity contribution >= 4 is 28.3 Å². The number of nitrogens with zero attached hydrogens (tertiary/aromatic N) is 2. The lowest BCUT2D eigenvalue weighted by Gasteiger charge is -2.13. The van der Waals surface area contributed by atoms with Crippen molar-refractivity contribution in [2.45, 2.75) is 12.6 Å². The highest BCUT2D eigenvalue weighted by atomic mass is 127. The molecule has 0 aliphatic carbocycles. The maximum atomic E-state index is 9.85. The minimum Gasteiger partial charge on any atom is -0.389 e. The van der Waals surface area contributed by atoms with E-state index in [1.807, 2.05) is 36.5 Å². The number of anilines is 1. The lowest BCUT2D eigenvalue weighted by molar-refractivity contribution is 0.161. The van der Waals surface area contributed by atoms with Crippen molar-refractivity contribution in [1.29, 1.82) is 0 Å². The second kappa shape index (κ2) is 6.02. The number of rotatable bonds is 5. The Kier molecular flexibility index (Phi) is 4.38. The van der Waals surface area contributed by atoms with E-state index < -0.39 is 6.10 Å². The second-order valence-corrected chi connectivity index (χ2v) is 4.90. The fraction of sp³-hybridized carbons (Fsp3) is 0.250. The average molecular weight is 343 g/mol. The quantitative estimate of drug-likeness (QED) is 0.816. The van der Waals surface area contributed by atoms with Crippen LogP contribution < -0.4 is 5.32 Å². The van der Waals surface area contributed by atoms with Crippen LogP contribution in [-0.4, -0.2) is 27.5 Å². The van der Waals surface area contributed by atoms with Crippen molar-refractivity contribution in [3.8, 4) is 0 Å². The van der Waals surface area contributed by atoms with Crippen molar-refractivity contribution in [1.82, 2.24) is 9.78 Å². The number of aliphatic hydroxyl groups is 1. The van der Waals surface area contributed by atoms with Crippen molar-refractivity contribution in [2.75, 3.05) is 11.9 Å². The lowest BCUT2D eigenvalue weighted by atomic mass is 10.3. The molecule has 0 spiro atoms. The standard InChI is InChI=1S/C12H14IN3O/c13-11-4-1-2-5-12(11)14-8-10(17)9-16-7-3-6-15-16/h1-7,10,14,17H,8-9H2. The van der Waals surface area contributed by atoms with Gasteiger partial charge in [-0.2, -0.15) is 5.10 Å². The fourth-order valence-electron chi connectivity index (χ4n) is 1.52. The maximum absolute atomic E-state index is 9.85. The van der Waals surface area contributed by atoms with Gasteiger partial charge in [-0.1, -0.05) is 12.1 Å². The van der Waals surface area contributed by atoms with E-state index in [1.165, 1.54) is 0 Å². The monoisotopic (exact) mass is 343 g/mol. The molecule has 1 aromatic heterocycles. The highest BCUT2D eigenvalue weighted by molar-refractivity contribution is 14.1. The van der Waals surface area contributed by atoms with Gasteiger partial charge in [-0.3, -0.25) is 4.68 Å². The van der Waals surface area contributed by atoms with Crippen LogP contribution in [0.15, 0.2) is 42.7 Å². The summed E-state index contributed by atoms with van der Waals surface area (Å²) in [6.45, 7) is 1.02. The van der Waals surface area contributed by atoms with Gasteiger partial charge in [0.15, 0.2) is 0 Å². The van der Waals surface area contributed by atoms with Gasteiger partial charge in [-0.15, -0.1) is 0 Å². The first-order valence-electron chi connectivity index (χ1n) is 5.39. The molecule has 2 aromatic rings. The number of halogens is 1. The number of hydrogen-bond acceptors (Lipinski definition) is 3. The van der Waals surface area contributed by atoms with Crippen LogP contribution in [0.4, 0.5) is 5.69 Å². The van der Waals surface area contributed by atoms with E-state index in [0.717, 1.165) is 9.26 Å². The minimum absolute atomic E-state index is 0.453. The third-order valence-corrected chi connectivity index (χ3v) is 3.30. The molecule has 0 aliphatic rings. The van der Waals surface area contributed by atoms with Crippen molar-refractivity contribution in [3.63, 3.8) is 0 Å². The third kappa shape index (κ3) is 3.71. The maximum Gasteiger partial charge on any atom is 0.0907 e. The van der Waals surface area contributed by atoms with Gasteiger partial charge in [0.2, 0.25) is 0 Å². The number of para-hydroxylation sites is 1. The van der Waals surface area contributed by atoms with Crippen LogP contribution in [0.3, 0.4) is 0 Å². The lowest BCUT2D eigenvalue weighted by Crippen LogP contribution is -2.25. The molecule has 0 saturated carbocycles. The molecule has 0 aliphatic heterocycles. The molecule has 0 bridgehead atoms. The third-order valence-electron chi connectivity index (χ3n) is 2.36. The molecule has 4 nitrogen and oxygen atoms in total. The first-order valence-corrected chi connectivity index (χ1v) is 6.47. The first kappa shape index (κ1) is 12.4. The normalized spacial score (nSPS) is 12.4. The van der Waals surface area contributed by atoms with Crippen LogP contribution >= 0.6 is 22.6 Å². The molecule has 2 N–H and O–H groups in total. The smallest absolute Gasteiger partial charge is 0.0907 e. The topological polar surface area (TPSA) is 50.1 Å². The van der Waals surface area contributed by atoms with Crippen molar-refractivity contribution < 1.29 is 5.11 Å². The Balaban J connectivity index is 1.84. The summed E-state index contributed by atoms with van der Waals surface area (Å²) in [4.78, 5) is 0. The summed E-state index contributed by atoms with van der Waals surface area (Å²) in [6, 6.07) is 9.85. The summed E-state index contributed by atoms with van der Waals surface area (Å²) in [7, 11) is 0. The van der Waals surface area contributed by atoms with E-state index in [9.17, 15) is 5.11 Å². The van der Waals surface area contributed by atoms with Gasteiger partial charge in [0, 0.05) is 28.2 Å². The van der Waals surface area contributed by atoms with Crippen molar-refractivity contribution in [2.24, 2.45) is 0 Å². The number of hydrogen-bond donors (Lipinski definition) is 2. The molecule has 0 fully saturated rings. The Morgan fingerprint density at radius 2 is 2.18 bits per heavy atom. The van der Waals surface area contributed by atoms with Crippen LogP contribution in [0, 0.1) is 3.57 Å². The van der Waals surface area contributed by atoms with E-state index in [4.69, 9.17) is 0 Å². The Morgan fingerprint density at radius 3 is 2.88 bits per heavy atom. The van der Waals surface area contributed by atoms with Gasteiger partial charge in [0.25, 0.3) is 0 Å². The van der Waals surface area contributed by atoms with E-state index in [1.54, 1.807) is 10.9 Å². The number of aliphatic hydroxyl groups excluding tert-OH is 1. The molecule has 1 atom stereocenters. The SMILES string of the molecule is OC(CNc1ccccc1I)Cn1cccn1. The minimum atomic E-state index is -0.453. The van der Waals surface area contributed by atoms with Gasteiger partial charge >= 0.3 is 0 Å². The highest BCUT2D eigenvalue weighted by Crippen LogP contribution is 2.16. The van der Waals surface area contributed by atoms with E-state index in [0.29, 0.717) is 13.1 Å². The van der Waals surface area contributed by atoms with Crippen molar-refractivity contribution in [3.05, 3.63) is 46.3 Å². The van der Waals surface area contributed by atoms with E-state index in [-0.39, 0.29) is 0 Å². The molecule has 5 heteroatoms. The Morgan fingerprint density at radius 1 is 1.35 bits per heavy atom. The number of aromatic nitrogens is 2. The summed E-state index contributed by atoms with van der Waals surface area (Å²) < 4.78 is 2.87. The molecular weight excluding hydrogens is 329 g/mol. The van der Waals surface area contributed by atoms with Crippen LogP contribution in [0.25, 0.3) is 0 Å². The van der Waals surface area contributed by atoms with Crippen LogP contribution in [0.1, 0.15) is 0 Å². The summed E-state index contributed by atoms with van der Waals surface area (Å²) in [5.41, 5.74) is 1.05. The van der Waals surface area contributed by atoms with Crippen LogP contribution in [-0.2, 0) is 6.54 Å². The molecule has 0 radical (unpaired) electrons.